The van der Waals surface area contributed by atoms with Crippen LogP contribution in [0.15, 0.2) is 39.8 Å². The molecule has 0 spiro atoms. The van der Waals surface area contributed by atoms with Crippen molar-refractivity contribution in [2.24, 2.45) is 0 Å². The van der Waals surface area contributed by atoms with Crippen LogP contribution in [0.3, 0.4) is 0 Å². The van der Waals surface area contributed by atoms with Crippen molar-refractivity contribution < 1.29 is 17.7 Å². The Labute approximate surface area is 130 Å². The number of sulfonamides is 1. The van der Waals surface area contributed by atoms with Gasteiger partial charge in [-0.25, -0.2) is 8.42 Å². The molecule has 2 rings (SSSR count). The fourth-order valence-corrected chi connectivity index (χ4v) is 3.09. The standard InChI is InChI=1S/C15H20N2O4S/c1-11(2)20-14-5-7-15(8-6-14)22(18,19)17(4)10-13-9-12(3)21-16-13/h5-9,11H,10H2,1-4H3. The van der Waals surface area contributed by atoms with Crippen LogP contribution in [-0.4, -0.2) is 31.0 Å². The molecule has 0 saturated heterocycles. The van der Waals surface area contributed by atoms with Crippen LogP contribution in [0.1, 0.15) is 25.3 Å². The van der Waals surface area contributed by atoms with Crippen molar-refractivity contribution in [3.05, 3.63) is 41.8 Å². The van der Waals surface area contributed by atoms with E-state index in [-0.39, 0.29) is 17.5 Å². The molecule has 0 aliphatic heterocycles. The van der Waals surface area contributed by atoms with Gasteiger partial charge in [0, 0.05) is 13.1 Å². The van der Waals surface area contributed by atoms with Gasteiger partial charge in [-0.1, -0.05) is 5.16 Å². The van der Waals surface area contributed by atoms with Gasteiger partial charge in [-0.2, -0.15) is 4.31 Å². The van der Waals surface area contributed by atoms with Crippen LogP contribution in [0.4, 0.5) is 0 Å². The minimum atomic E-state index is -3.58. The monoisotopic (exact) mass is 324 g/mol. The highest BCUT2D eigenvalue weighted by Crippen LogP contribution is 2.20. The molecule has 7 heteroatoms. The molecule has 1 aromatic heterocycles. The Morgan fingerprint density at radius 3 is 2.41 bits per heavy atom. The molecule has 2 aromatic rings. The summed E-state index contributed by atoms with van der Waals surface area (Å²) < 4.78 is 36.7. The lowest BCUT2D eigenvalue weighted by atomic mass is 10.3. The van der Waals surface area contributed by atoms with Gasteiger partial charge in [0.25, 0.3) is 0 Å². The summed E-state index contributed by atoms with van der Waals surface area (Å²) in [5, 5.41) is 3.81. The summed E-state index contributed by atoms with van der Waals surface area (Å²) in [6.07, 6.45) is 0.0422. The number of ether oxygens (including phenoxy) is 1. The molecule has 0 unspecified atom stereocenters. The van der Waals surface area contributed by atoms with Gasteiger partial charge in [-0.05, 0) is 45.0 Å². The van der Waals surface area contributed by atoms with E-state index in [0.717, 1.165) is 0 Å². The Morgan fingerprint density at radius 2 is 1.91 bits per heavy atom. The Hall–Kier alpha value is -1.86. The average Bonchev–Trinajstić information content (AvgIpc) is 2.84. The maximum Gasteiger partial charge on any atom is 0.243 e. The summed E-state index contributed by atoms with van der Waals surface area (Å²) in [6, 6.07) is 8.10. The molecule has 1 aromatic carbocycles. The van der Waals surface area contributed by atoms with Gasteiger partial charge in [0.15, 0.2) is 0 Å². The Morgan fingerprint density at radius 1 is 1.27 bits per heavy atom. The molecule has 0 N–H and O–H groups in total. The Balaban J connectivity index is 2.14. The summed E-state index contributed by atoms with van der Waals surface area (Å²) in [6.45, 7) is 5.75. The smallest absolute Gasteiger partial charge is 0.243 e. The lowest BCUT2D eigenvalue weighted by Crippen LogP contribution is -2.26. The van der Waals surface area contributed by atoms with Crippen molar-refractivity contribution >= 4 is 10.0 Å². The third kappa shape index (κ3) is 3.86. The summed E-state index contributed by atoms with van der Waals surface area (Å²) in [5.41, 5.74) is 0.573. The maximum absolute atomic E-state index is 12.5. The molecule has 120 valence electrons. The van der Waals surface area contributed by atoms with Crippen LogP contribution in [0.2, 0.25) is 0 Å². The third-order valence-electron chi connectivity index (χ3n) is 2.97. The number of aromatic nitrogens is 1. The number of hydrogen-bond acceptors (Lipinski definition) is 5. The molecule has 0 saturated carbocycles. The van der Waals surface area contributed by atoms with E-state index in [4.69, 9.17) is 9.26 Å². The molecule has 0 radical (unpaired) electrons. The van der Waals surface area contributed by atoms with Crippen LogP contribution in [0, 0.1) is 6.92 Å². The average molecular weight is 324 g/mol. The fourth-order valence-electron chi connectivity index (χ4n) is 1.95. The minimum Gasteiger partial charge on any atom is -0.491 e. The molecule has 0 fully saturated rings. The second-order valence-electron chi connectivity index (χ2n) is 5.33. The second-order valence-corrected chi connectivity index (χ2v) is 7.37. The highest BCUT2D eigenvalue weighted by molar-refractivity contribution is 7.89. The van der Waals surface area contributed by atoms with Crippen LogP contribution >= 0.6 is 0 Å². The molecule has 0 aliphatic rings. The van der Waals surface area contributed by atoms with Crippen molar-refractivity contribution in [1.82, 2.24) is 9.46 Å². The second kappa shape index (κ2) is 6.50. The third-order valence-corrected chi connectivity index (χ3v) is 4.78. The first-order valence-electron chi connectivity index (χ1n) is 6.94. The molecule has 0 aliphatic carbocycles. The van der Waals surface area contributed by atoms with Gasteiger partial charge in [0.2, 0.25) is 10.0 Å². The van der Waals surface area contributed by atoms with E-state index in [1.54, 1.807) is 25.1 Å². The lowest BCUT2D eigenvalue weighted by Gasteiger charge is -2.16. The molecular formula is C15H20N2O4S. The van der Waals surface area contributed by atoms with Gasteiger partial charge < -0.3 is 9.26 Å². The van der Waals surface area contributed by atoms with Gasteiger partial charge in [-0.3, -0.25) is 0 Å². The largest absolute Gasteiger partial charge is 0.491 e. The highest BCUT2D eigenvalue weighted by atomic mass is 32.2. The van der Waals surface area contributed by atoms with Crippen molar-refractivity contribution in [3.63, 3.8) is 0 Å². The van der Waals surface area contributed by atoms with E-state index in [2.05, 4.69) is 5.16 Å². The first-order valence-corrected chi connectivity index (χ1v) is 8.38. The van der Waals surface area contributed by atoms with Gasteiger partial charge in [0.05, 0.1) is 23.2 Å². The predicted molar refractivity (Wildman–Crippen MR) is 82.1 cm³/mol. The molecule has 1 heterocycles. The van der Waals surface area contributed by atoms with Gasteiger partial charge in [-0.15, -0.1) is 0 Å². The number of benzene rings is 1. The zero-order valence-corrected chi connectivity index (χ0v) is 13.9. The van der Waals surface area contributed by atoms with E-state index in [1.807, 2.05) is 13.8 Å². The normalized spacial score (nSPS) is 12.1. The number of rotatable bonds is 6. The van der Waals surface area contributed by atoms with Crippen molar-refractivity contribution in [3.8, 4) is 5.75 Å². The van der Waals surface area contributed by atoms with E-state index in [9.17, 15) is 8.42 Å². The Bertz CT molecular complexity index is 720. The molecule has 0 amide bonds. The van der Waals surface area contributed by atoms with Crippen LogP contribution in [0.25, 0.3) is 0 Å². The molecular weight excluding hydrogens is 304 g/mol. The summed E-state index contributed by atoms with van der Waals surface area (Å²) in [4.78, 5) is 0.214. The first-order chi connectivity index (χ1) is 10.3. The number of nitrogens with zero attached hydrogens (tertiary/aromatic N) is 2. The predicted octanol–water partition coefficient (Wildman–Crippen LogP) is 2.59. The highest BCUT2D eigenvalue weighted by Gasteiger charge is 2.22. The van der Waals surface area contributed by atoms with Crippen LogP contribution in [-0.2, 0) is 16.6 Å². The number of aryl methyl sites for hydroxylation is 1. The number of hydrogen-bond donors (Lipinski definition) is 0. The summed E-state index contributed by atoms with van der Waals surface area (Å²) in [7, 11) is -2.07. The zero-order valence-electron chi connectivity index (χ0n) is 13.1. The van der Waals surface area contributed by atoms with E-state index in [1.165, 1.54) is 23.5 Å². The van der Waals surface area contributed by atoms with Gasteiger partial charge in [0.1, 0.15) is 11.5 Å². The maximum atomic E-state index is 12.5. The summed E-state index contributed by atoms with van der Waals surface area (Å²) in [5.74, 6) is 1.29. The van der Waals surface area contributed by atoms with Crippen molar-refractivity contribution in [2.45, 2.75) is 38.3 Å². The molecule has 6 nitrogen and oxygen atoms in total. The van der Waals surface area contributed by atoms with E-state index in [0.29, 0.717) is 17.2 Å². The zero-order chi connectivity index (χ0) is 16.3. The lowest BCUT2D eigenvalue weighted by molar-refractivity contribution is 0.242. The molecule has 22 heavy (non-hydrogen) atoms. The first kappa shape index (κ1) is 16.5. The van der Waals surface area contributed by atoms with Crippen LogP contribution < -0.4 is 4.74 Å². The SMILES string of the molecule is Cc1cc(CN(C)S(=O)(=O)c2ccc(OC(C)C)cc2)no1. The topological polar surface area (TPSA) is 72.6 Å². The van der Waals surface area contributed by atoms with E-state index >= 15 is 0 Å². The van der Waals surface area contributed by atoms with E-state index < -0.39 is 10.0 Å². The van der Waals surface area contributed by atoms with Crippen LogP contribution in [0.5, 0.6) is 5.75 Å². The molecule has 0 bridgehead atoms. The Kier molecular flexibility index (Phi) is 4.87. The summed E-state index contributed by atoms with van der Waals surface area (Å²) >= 11 is 0. The van der Waals surface area contributed by atoms with Crippen molar-refractivity contribution in [1.29, 1.82) is 0 Å². The quantitative estimate of drug-likeness (QED) is 0.816. The fraction of sp³-hybridized carbons (Fsp3) is 0.400. The van der Waals surface area contributed by atoms with Gasteiger partial charge >= 0.3 is 0 Å². The minimum absolute atomic E-state index is 0.0422. The molecule has 0 atom stereocenters. The van der Waals surface area contributed by atoms with Crippen molar-refractivity contribution in [2.75, 3.05) is 7.05 Å².